The lowest BCUT2D eigenvalue weighted by molar-refractivity contribution is 0.0601. The SMILES string of the molecule is CCCc1c(/C=C/c2ccccc2)oc2ccc(C(=O)OC)cc2c1=O. The van der Waals surface area contributed by atoms with E-state index in [4.69, 9.17) is 9.15 Å². The minimum Gasteiger partial charge on any atom is -0.465 e. The van der Waals surface area contributed by atoms with E-state index in [9.17, 15) is 9.59 Å². The Morgan fingerprint density at radius 2 is 1.88 bits per heavy atom. The van der Waals surface area contributed by atoms with E-state index in [0.717, 1.165) is 12.0 Å². The normalized spacial score (nSPS) is 11.2. The van der Waals surface area contributed by atoms with Gasteiger partial charge in [0.2, 0.25) is 0 Å². The molecule has 0 aliphatic carbocycles. The second-order valence-electron chi connectivity index (χ2n) is 5.97. The third-order valence-electron chi connectivity index (χ3n) is 4.16. The van der Waals surface area contributed by atoms with E-state index >= 15 is 0 Å². The van der Waals surface area contributed by atoms with Crippen LogP contribution < -0.4 is 5.43 Å². The van der Waals surface area contributed by atoms with E-state index in [0.29, 0.717) is 34.3 Å². The quantitative estimate of drug-likeness (QED) is 0.627. The number of benzene rings is 2. The predicted molar refractivity (Wildman–Crippen MR) is 103 cm³/mol. The topological polar surface area (TPSA) is 56.5 Å². The predicted octanol–water partition coefficient (Wildman–Crippen LogP) is 4.70. The van der Waals surface area contributed by atoms with Gasteiger partial charge in [0.05, 0.1) is 18.1 Å². The Morgan fingerprint density at radius 3 is 2.58 bits per heavy atom. The van der Waals surface area contributed by atoms with Gasteiger partial charge in [-0.1, -0.05) is 49.8 Å². The molecule has 0 aliphatic rings. The molecule has 132 valence electrons. The highest BCUT2D eigenvalue weighted by Crippen LogP contribution is 2.21. The summed E-state index contributed by atoms with van der Waals surface area (Å²) in [4.78, 5) is 24.7. The van der Waals surface area contributed by atoms with Gasteiger partial charge < -0.3 is 9.15 Å². The third-order valence-corrected chi connectivity index (χ3v) is 4.16. The number of esters is 1. The van der Waals surface area contributed by atoms with Gasteiger partial charge in [-0.05, 0) is 36.3 Å². The van der Waals surface area contributed by atoms with Crippen molar-refractivity contribution in [2.45, 2.75) is 19.8 Å². The summed E-state index contributed by atoms with van der Waals surface area (Å²) in [5, 5.41) is 0.396. The molecule has 0 aliphatic heterocycles. The van der Waals surface area contributed by atoms with Gasteiger partial charge >= 0.3 is 5.97 Å². The van der Waals surface area contributed by atoms with Crippen LogP contribution in [0.2, 0.25) is 0 Å². The van der Waals surface area contributed by atoms with Crippen LogP contribution in [0, 0.1) is 0 Å². The summed E-state index contributed by atoms with van der Waals surface area (Å²) in [5.41, 5.74) is 2.33. The van der Waals surface area contributed by atoms with Crippen molar-refractivity contribution in [1.82, 2.24) is 0 Å². The Hall–Kier alpha value is -3.14. The molecule has 1 aromatic heterocycles. The lowest BCUT2D eigenvalue weighted by Crippen LogP contribution is -2.12. The minimum absolute atomic E-state index is 0.105. The van der Waals surface area contributed by atoms with Gasteiger partial charge in [0.25, 0.3) is 0 Å². The first-order valence-corrected chi connectivity index (χ1v) is 8.55. The number of methoxy groups -OCH3 is 1. The third kappa shape index (κ3) is 3.59. The Bertz CT molecular complexity index is 1010. The maximum absolute atomic E-state index is 13.0. The van der Waals surface area contributed by atoms with Gasteiger partial charge in [0.15, 0.2) is 5.43 Å². The largest absolute Gasteiger partial charge is 0.465 e. The van der Waals surface area contributed by atoms with Crippen molar-refractivity contribution in [2.75, 3.05) is 7.11 Å². The molecule has 4 nitrogen and oxygen atoms in total. The molecule has 4 heteroatoms. The van der Waals surface area contributed by atoms with Gasteiger partial charge in [0.1, 0.15) is 11.3 Å². The Morgan fingerprint density at radius 1 is 1.12 bits per heavy atom. The minimum atomic E-state index is -0.476. The van der Waals surface area contributed by atoms with E-state index in [2.05, 4.69) is 0 Å². The van der Waals surface area contributed by atoms with Crippen molar-refractivity contribution >= 4 is 29.1 Å². The average Bonchev–Trinajstić information content (AvgIpc) is 2.69. The molecule has 0 atom stereocenters. The summed E-state index contributed by atoms with van der Waals surface area (Å²) < 4.78 is 10.7. The molecule has 0 N–H and O–H groups in total. The highest BCUT2D eigenvalue weighted by Gasteiger charge is 2.14. The van der Waals surface area contributed by atoms with E-state index in [1.54, 1.807) is 12.1 Å². The summed E-state index contributed by atoms with van der Waals surface area (Å²) in [6, 6.07) is 14.6. The molecule has 0 spiro atoms. The van der Waals surface area contributed by atoms with Gasteiger partial charge in [-0.15, -0.1) is 0 Å². The zero-order valence-corrected chi connectivity index (χ0v) is 14.8. The van der Waals surface area contributed by atoms with Crippen LogP contribution in [0.25, 0.3) is 23.1 Å². The smallest absolute Gasteiger partial charge is 0.337 e. The molecule has 0 bridgehead atoms. The number of hydrogen-bond donors (Lipinski definition) is 0. The summed E-state index contributed by atoms with van der Waals surface area (Å²) in [6.45, 7) is 2.01. The second kappa shape index (κ2) is 7.83. The fourth-order valence-corrected chi connectivity index (χ4v) is 2.85. The van der Waals surface area contributed by atoms with E-state index < -0.39 is 5.97 Å². The first-order chi connectivity index (χ1) is 12.6. The van der Waals surface area contributed by atoms with Crippen molar-refractivity contribution in [1.29, 1.82) is 0 Å². The van der Waals surface area contributed by atoms with E-state index in [-0.39, 0.29) is 5.43 Å². The molecule has 26 heavy (non-hydrogen) atoms. The molecular weight excluding hydrogens is 328 g/mol. The van der Waals surface area contributed by atoms with Crippen LogP contribution in [-0.4, -0.2) is 13.1 Å². The molecule has 1 heterocycles. The van der Waals surface area contributed by atoms with E-state index in [1.807, 2.05) is 49.4 Å². The van der Waals surface area contributed by atoms with Crippen molar-refractivity contribution < 1.29 is 13.9 Å². The van der Waals surface area contributed by atoms with Gasteiger partial charge in [-0.2, -0.15) is 0 Å². The molecule has 0 saturated heterocycles. The van der Waals surface area contributed by atoms with Crippen LogP contribution in [0.1, 0.15) is 40.6 Å². The number of ether oxygens (including phenoxy) is 1. The summed E-state index contributed by atoms with van der Waals surface area (Å²) in [7, 11) is 1.31. The highest BCUT2D eigenvalue weighted by atomic mass is 16.5. The zero-order chi connectivity index (χ0) is 18.5. The Balaban J connectivity index is 2.14. The number of rotatable bonds is 5. The van der Waals surface area contributed by atoms with Crippen LogP contribution in [0.4, 0.5) is 0 Å². The second-order valence-corrected chi connectivity index (χ2v) is 5.97. The van der Waals surface area contributed by atoms with Crippen molar-refractivity contribution in [3.63, 3.8) is 0 Å². The molecule has 0 amide bonds. The maximum atomic E-state index is 13.0. The lowest BCUT2D eigenvalue weighted by atomic mass is 10.0. The van der Waals surface area contributed by atoms with Crippen molar-refractivity contribution in [3.05, 3.63) is 81.2 Å². The molecule has 0 fully saturated rings. The first kappa shape index (κ1) is 17.7. The van der Waals surface area contributed by atoms with Gasteiger partial charge in [-0.3, -0.25) is 4.79 Å². The van der Waals surface area contributed by atoms with Crippen molar-refractivity contribution in [2.24, 2.45) is 0 Å². The van der Waals surface area contributed by atoms with Crippen LogP contribution >= 0.6 is 0 Å². The zero-order valence-electron chi connectivity index (χ0n) is 14.8. The Kier molecular flexibility index (Phi) is 5.32. The molecular formula is C22H20O4. The molecule has 3 rings (SSSR count). The Labute approximate surface area is 151 Å². The highest BCUT2D eigenvalue weighted by molar-refractivity contribution is 5.94. The fraction of sp³-hybridized carbons (Fsp3) is 0.182. The van der Waals surface area contributed by atoms with Crippen LogP contribution in [0.5, 0.6) is 0 Å². The molecule has 0 radical (unpaired) electrons. The summed E-state index contributed by atoms with van der Waals surface area (Å²) in [6.07, 6.45) is 5.18. The molecule has 0 saturated carbocycles. The first-order valence-electron chi connectivity index (χ1n) is 8.55. The number of fused-ring (bicyclic) bond motifs is 1. The van der Waals surface area contributed by atoms with Gasteiger partial charge in [0, 0.05) is 5.56 Å². The fourth-order valence-electron chi connectivity index (χ4n) is 2.85. The van der Waals surface area contributed by atoms with Crippen molar-refractivity contribution in [3.8, 4) is 0 Å². The lowest BCUT2D eigenvalue weighted by Gasteiger charge is -2.07. The maximum Gasteiger partial charge on any atom is 0.337 e. The van der Waals surface area contributed by atoms with Crippen LogP contribution in [0.15, 0.2) is 57.7 Å². The summed E-state index contributed by atoms with van der Waals surface area (Å²) >= 11 is 0. The average molecular weight is 348 g/mol. The number of carbonyl (C=O) groups is 1. The van der Waals surface area contributed by atoms with Crippen LogP contribution in [0.3, 0.4) is 0 Å². The molecule has 2 aromatic carbocycles. The summed E-state index contributed by atoms with van der Waals surface area (Å²) in [5.74, 6) is 0.0791. The standard InChI is InChI=1S/C22H20O4/c1-3-7-17-19(12-10-15-8-5-4-6-9-15)26-20-13-11-16(22(24)25-2)14-18(20)21(17)23/h4-6,8-14H,3,7H2,1-2H3/b12-10+. The number of carbonyl (C=O) groups excluding carboxylic acids is 1. The molecule has 0 unspecified atom stereocenters. The number of hydrogen-bond acceptors (Lipinski definition) is 4. The monoisotopic (exact) mass is 348 g/mol. The van der Waals surface area contributed by atoms with E-state index in [1.165, 1.54) is 13.2 Å². The van der Waals surface area contributed by atoms with Gasteiger partial charge in [-0.25, -0.2) is 4.79 Å². The van der Waals surface area contributed by atoms with Crippen LogP contribution in [-0.2, 0) is 11.2 Å². The molecule has 3 aromatic rings.